The topological polar surface area (TPSA) is 55.1 Å². The Hall–Kier alpha value is -1.33. The van der Waals surface area contributed by atoms with Gasteiger partial charge in [-0.25, -0.2) is 0 Å². The maximum Gasteiger partial charge on any atom is 0.261 e. The molecule has 1 aromatic carbocycles. The molecule has 1 N–H and O–H groups in total. The summed E-state index contributed by atoms with van der Waals surface area (Å²) < 4.78 is 5.80. The lowest BCUT2D eigenvalue weighted by atomic mass is 10.2. The van der Waals surface area contributed by atoms with E-state index in [0.29, 0.717) is 27.7 Å². The van der Waals surface area contributed by atoms with E-state index in [1.165, 1.54) is 0 Å². The zero-order valence-electron chi connectivity index (χ0n) is 9.75. The summed E-state index contributed by atoms with van der Waals surface area (Å²) >= 11 is 9.33. The zero-order valence-corrected chi connectivity index (χ0v) is 12.1. The van der Waals surface area contributed by atoms with Gasteiger partial charge in [0.2, 0.25) is 0 Å². The van der Waals surface area contributed by atoms with Gasteiger partial charge < -0.3 is 9.84 Å². The number of aromatic nitrogens is 1. The molecule has 1 amide bonds. The molecular weight excluding hydrogens is 320 g/mol. The molecule has 0 aliphatic heterocycles. The highest BCUT2D eigenvalue weighted by Gasteiger charge is 2.18. The van der Waals surface area contributed by atoms with E-state index in [-0.39, 0.29) is 5.91 Å². The average molecular weight is 330 g/mol. The molecule has 1 heterocycles. The largest absolute Gasteiger partial charge is 0.361 e. The lowest BCUT2D eigenvalue weighted by Gasteiger charge is -2.07. The van der Waals surface area contributed by atoms with Crippen LogP contribution in [-0.4, -0.2) is 11.1 Å². The van der Waals surface area contributed by atoms with E-state index in [4.69, 9.17) is 16.1 Å². The standard InChI is InChI=1S/C12H10BrClN2O2/c1-6-11(7(2)18-16-6)12(17)15-10-4-3-8(13)5-9(10)14/h3-5H,1-2H3,(H,15,17). The number of amides is 1. The summed E-state index contributed by atoms with van der Waals surface area (Å²) in [7, 11) is 0. The first kappa shape index (κ1) is 13.1. The smallest absolute Gasteiger partial charge is 0.261 e. The van der Waals surface area contributed by atoms with Gasteiger partial charge in [-0.1, -0.05) is 32.7 Å². The quantitative estimate of drug-likeness (QED) is 0.907. The summed E-state index contributed by atoms with van der Waals surface area (Å²) in [6.07, 6.45) is 0. The molecule has 0 bridgehead atoms. The fourth-order valence-corrected chi connectivity index (χ4v) is 2.30. The molecule has 4 nitrogen and oxygen atoms in total. The summed E-state index contributed by atoms with van der Waals surface area (Å²) in [6.45, 7) is 3.41. The van der Waals surface area contributed by atoms with Crippen LogP contribution in [0.4, 0.5) is 5.69 Å². The van der Waals surface area contributed by atoms with Gasteiger partial charge in [0, 0.05) is 4.47 Å². The van der Waals surface area contributed by atoms with Gasteiger partial charge in [-0.05, 0) is 32.0 Å². The number of carbonyl (C=O) groups is 1. The van der Waals surface area contributed by atoms with Crippen LogP contribution in [0.25, 0.3) is 0 Å². The number of rotatable bonds is 2. The normalized spacial score (nSPS) is 10.4. The van der Waals surface area contributed by atoms with E-state index < -0.39 is 0 Å². The number of carbonyl (C=O) groups excluding carboxylic acids is 1. The van der Waals surface area contributed by atoms with Crippen LogP contribution in [0.5, 0.6) is 0 Å². The number of hydrogen-bond acceptors (Lipinski definition) is 3. The van der Waals surface area contributed by atoms with Crippen molar-refractivity contribution in [3.05, 3.63) is 44.7 Å². The van der Waals surface area contributed by atoms with Gasteiger partial charge in [0.25, 0.3) is 5.91 Å². The van der Waals surface area contributed by atoms with Crippen molar-refractivity contribution < 1.29 is 9.32 Å². The van der Waals surface area contributed by atoms with Gasteiger partial charge in [0.1, 0.15) is 11.3 Å². The summed E-state index contributed by atoms with van der Waals surface area (Å²) in [5, 5.41) is 6.93. The average Bonchev–Trinajstić information content (AvgIpc) is 2.62. The Labute approximate surface area is 117 Å². The van der Waals surface area contributed by atoms with Gasteiger partial charge in [-0.2, -0.15) is 0 Å². The van der Waals surface area contributed by atoms with Gasteiger partial charge in [0.15, 0.2) is 0 Å². The predicted molar refractivity (Wildman–Crippen MR) is 73.1 cm³/mol. The van der Waals surface area contributed by atoms with E-state index in [0.717, 1.165) is 4.47 Å². The van der Waals surface area contributed by atoms with Crippen molar-refractivity contribution in [1.82, 2.24) is 5.16 Å². The number of benzene rings is 1. The van der Waals surface area contributed by atoms with Crippen LogP contribution in [0.1, 0.15) is 21.8 Å². The van der Waals surface area contributed by atoms with Crippen LogP contribution in [0.3, 0.4) is 0 Å². The minimum atomic E-state index is -0.282. The maximum absolute atomic E-state index is 12.1. The van der Waals surface area contributed by atoms with Crippen molar-refractivity contribution in [3.8, 4) is 0 Å². The molecule has 0 aliphatic carbocycles. The van der Waals surface area contributed by atoms with Crippen LogP contribution in [-0.2, 0) is 0 Å². The summed E-state index contributed by atoms with van der Waals surface area (Å²) in [6, 6.07) is 5.24. The SMILES string of the molecule is Cc1noc(C)c1C(=O)Nc1ccc(Br)cc1Cl. The Morgan fingerprint density at radius 2 is 2.17 bits per heavy atom. The molecule has 0 radical (unpaired) electrons. The number of halogens is 2. The number of nitrogens with one attached hydrogen (secondary N) is 1. The number of hydrogen-bond donors (Lipinski definition) is 1. The van der Waals surface area contributed by atoms with Gasteiger partial charge in [-0.3, -0.25) is 4.79 Å². The van der Waals surface area contributed by atoms with E-state index >= 15 is 0 Å². The van der Waals surface area contributed by atoms with Gasteiger partial charge >= 0.3 is 0 Å². The van der Waals surface area contributed by atoms with Crippen molar-refractivity contribution in [2.24, 2.45) is 0 Å². The van der Waals surface area contributed by atoms with Crippen LogP contribution in [0.2, 0.25) is 5.02 Å². The Bertz CT molecular complexity index is 591. The molecule has 2 aromatic rings. The Morgan fingerprint density at radius 1 is 1.44 bits per heavy atom. The lowest BCUT2D eigenvalue weighted by molar-refractivity contribution is 0.102. The second kappa shape index (κ2) is 5.12. The second-order valence-electron chi connectivity index (χ2n) is 3.78. The first-order chi connectivity index (χ1) is 8.49. The molecule has 2 rings (SSSR count). The summed E-state index contributed by atoms with van der Waals surface area (Å²) in [5.74, 6) is 0.203. The molecule has 0 atom stereocenters. The van der Waals surface area contributed by atoms with Crippen molar-refractivity contribution >= 4 is 39.1 Å². The molecular formula is C12H10BrClN2O2. The second-order valence-corrected chi connectivity index (χ2v) is 5.10. The van der Waals surface area contributed by atoms with Crippen molar-refractivity contribution in [2.75, 3.05) is 5.32 Å². The highest BCUT2D eigenvalue weighted by molar-refractivity contribution is 9.10. The number of aryl methyl sites for hydroxylation is 2. The Balaban J connectivity index is 2.27. The monoisotopic (exact) mass is 328 g/mol. The third kappa shape index (κ3) is 2.57. The maximum atomic E-state index is 12.1. The van der Waals surface area contributed by atoms with Crippen LogP contribution in [0.15, 0.2) is 27.2 Å². The minimum Gasteiger partial charge on any atom is -0.361 e. The van der Waals surface area contributed by atoms with Crippen LogP contribution in [0, 0.1) is 13.8 Å². The third-order valence-electron chi connectivity index (χ3n) is 2.44. The van der Waals surface area contributed by atoms with E-state index in [1.54, 1.807) is 32.0 Å². The molecule has 6 heteroatoms. The molecule has 0 saturated heterocycles. The third-order valence-corrected chi connectivity index (χ3v) is 3.25. The first-order valence-electron chi connectivity index (χ1n) is 5.18. The lowest BCUT2D eigenvalue weighted by Crippen LogP contribution is -2.13. The number of anilines is 1. The fraction of sp³-hybridized carbons (Fsp3) is 0.167. The molecule has 0 unspecified atom stereocenters. The summed E-state index contributed by atoms with van der Waals surface area (Å²) in [5.41, 5.74) is 1.54. The molecule has 94 valence electrons. The first-order valence-corrected chi connectivity index (χ1v) is 6.35. The van der Waals surface area contributed by atoms with Gasteiger partial charge in [0.05, 0.1) is 16.4 Å². The Morgan fingerprint density at radius 3 is 2.72 bits per heavy atom. The molecule has 0 saturated carbocycles. The highest BCUT2D eigenvalue weighted by atomic mass is 79.9. The Kier molecular flexibility index (Phi) is 3.73. The molecule has 18 heavy (non-hydrogen) atoms. The molecule has 1 aromatic heterocycles. The van der Waals surface area contributed by atoms with E-state index in [9.17, 15) is 4.79 Å². The van der Waals surface area contributed by atoms with Crippen molar-refractivity contribution in [2.45, 2.75) is 13.8 Å². The van der Waals surface area contributed by atoms with Gasteiger partial charge in [-0.15, -0.1) is 0 Å². The minimum absolute atomic E-state index is 0.282. The summed E-state index contributed by atoms with van der Waals surface area (Å²) in [4.78, 5) is 12.1. The zero-order chi connectivity index (χ0) is 13.3. The molecule has 0 spiro atoms. The fourth-order valence-electron chi connectivity index (χ4n) is 1.58. The number of nitrogens with zero attached hydrogens (tertiary/aromatic N) is 1. The van der Waals surface area contributed by atoms with Crippen LogP contribution < -0.4 is 5.32 Å². The van der Waals surface area contributed by atoms with E-state index in [1.807, 2.05) is 0 Å². The highest BCUT2D eigenvalue weighted by Crippen LogP contribution is 2.26. The molecule has 0 fully saturated rings. The molecule has 0 aliphatic rings. The van der Waals surface area contributed by atoms with Crippen molar-refractivity contribution in [1.29, 1.82) is 0 Å². The van der Waals surface area contributed by atoms with Crippen molar-refractivity contribution in [3.63, 3.8) is 0 Å². The predicted octanol–water partition coefficient (Wildman–Crippen LogP) is 3.96. The van der Waals surface area contributed by atoms with E-state index in [2.05, 4.69) is 26.4 Å². The van der Waals surface area contributed by atoms with Crippen LogP contribution >= 0.6 is 27.5 Å².